The number of benzene rings is 2. The Bertz CT molecular complexity index is 625. The Morgan fingerprint density at radius 1 is 0.900 bits per heavy atom. The van der Waals surface area contributed by atoms with Crippen molar-refractivity contribution in [2.24, 2.45) is 0 Å². The van der Waals surface area contributed by atoms with Gasteiger partial charge in [0.2, 0.25) is 0 Å². The van der Waals surface area contributed by atoms with E-state index in [-0.39, 0.29) is 4.83 Å². The lowest BCUT2D eigenvalue weighted by atomic mass is 10.0. The van der Waals surface area contributed by atoms with Crippen LogP contribution >= 0.6 is 62.3 Å². The van der Waals surface area contributed by atoms with Gasteiger partial charge in [0.05, 0.1) is 17.0 Å². The lowest BCUT2D eigenvalue weighted by molar-refractivity contribution is 0.415. The Hall–Kier alpha value is -0.120. The molecule has 0 saturated heterocycles. The van der Waals surface area contributed by atoms with Crippen molar-refractivity contribution >= 4 is 62.3 Å². The zero-order chi connectivity index (χ0) is 14.9. The van der Waals surface area contributed by atoms with Crippen LogP contribution in [0.25, 0.3) is 0 Å². The minimum absolute atomic E-state index is 0.172. The van der Waals surface area contributed by atoms with E-state index in [0.717, 1.165) is 11.1 Å². The van der Waals surface area contributed by atoms with Gasteiger partial charge in [-0.2, -0.15) is 0 Å². The zero-order valence-electron chi connectivity index (χ0n) is 10.3. The van der Waals surface area contributed by atoms with E-state index >= 15 is 0 Å². The summed E-state index contributed by atoms with van der Waals surface area (Å²) in [6, 6.07) is 8.76. The number of rotatable bonds is 3. The minimum atomic E-state index is -0.172. The predicted molar refractivity (Wildman–Crippen MR) is 90.2 cm³/mol. The maximum atomic E-state index is 6.27. The molecule has 0 radical (unpaired) electrons. The highest BCUT2D eigenvalue weighted by molar-refractivity contribution is 9.09. The normalized spacial score (nSPS) is 12.3. The predicted octanol–water partition coefficient (Wildman–Crippen LogP) is 6.79. The fraction of sp³-hybridized carbons (Fsp3) is 0.143. The number of hydrogen-bond donors (Lipinski definition) is 0. The highest BCUT2D eigenvalue weighted by Gasteiger charge is 2.17. The molecule has 0 saturated carbocycles. The van der Waals surface area contributed by atoms with Crippen LogP contribution in [0.5, 0.6) is 5.75 Å². The first-order valence-corrected chi connectivity index (χ1v) is 7.98. The van der Waals surface area contributed by atoms with E-state index in [1.807, 2.05) is 12.1 Å². The lowest BCUT2D eigenvalue weighted by Gasteiger charge is -2.15. The third kappa shape index (κ3) is 3.55. The summed E-state index contributed by atoms with van der Waals surface area (Å²) in [6.07, 6.45) is 0. The van der Waals surface area contributed by atoms with Gasteiger partial charge in [-0.15, -0.1) is 0 Å². The molecule has 0 heterocycles. The molecule has 106 valence electrons. The monoisotopic (exact) mass is 412 g/mol. The zero-order valence-corrected chi connectivity index (χ0v) is 14.9. The Morgan fingerprint density at radius 3 is 2.05 bits per heavy atom. The Morgan fingerprint density at radius 2 is 1.50 bits per heavy atom. The third-order valence-electron chi connectivity index (χ3n) is 2.72. The summed E-state index contributed by atoms with van der Waals surface area (Å²) < 4.78 is 5.13. The third-order valence-corrected chi connectivity index (χ3v) is 4.80. The van der Waals surface area contributed by atoms with Gasteiger partial charge in [-0.3, -0.25) is 0 Å². The number of hydrogen-bond acceptors (Lipinski definition) is 1. The second-order valence-electron chi connectivity index (χ2n) is 4.07. The van der Waals surface area contributed by atoms with Gasteiger partial charge in [0.25, 0.3) is 0 Å². The number of alkyl halides is 1. The highest BCUT2D eigenvalue weighted by atomic mass is 79.9. The van der Waals surface area contributed by atoms with Gasteiger partial charge in [0, 0.05) is 21.1 Å². The Balaban J connectivity index is 2.47. The molecule has 0 N–H and O–H groups in total. The SMILES string of the molecule is COc1cc(Cl)c(C(Br)c2cc(Cl)cc(Cl)c2)cc1Cl. The minimum Gasteiger partial charge on any atom is -0.495 e. The summed E-state index contributed by atoms with van der Waals surface area (Å²) in [5.74, 6) is 0.532. The van der Waals surface area contributed by atoms with Crippen LogP contribution in [0.2, 0.25) is 20.1 Å². The molecular weight excluding hydrogens is 406 g/mol. The van der Waals surface area contributed by atoms with E-state index in [0.29, 0.717) is 25.8 Å². The molecule has 0 aliphatic carbocycles. The summed E-state index contributed by atoms with van der Waals surface area (Å²) >= 11 is 28.0. The molecule has 0 amide bonds. The molecule has 2 aromatic rings. The molecule has 0 aliphatic rings. The number of methoxy groups -OCH3 is 1. The van der Waals surface area contributed by atoms with Gasteiger partial charge in [-0.1, -0.05) is 62.3 Å². The topological polar surface area (TPSA) is 9.23 Å². The van der Waals surface area contributed by atoms with E-state index in [4.69, 9.17) is 51.1 Å². The van der Waals surface area contributed by atoms with Crippen molar-refractivity contribution in [3.8, 4) is 5.75 Å². The average molecular weight is 415 g/mol. The standard InChI is InChI=1S/C14H9BrCl4O/c1-20-13-6-11(18)10(5-12(13)19)14(15)7-2-8(16)4-9(17)3-7/h2-6,14H,1H3. The molecule has 0 fully saturated rings. The highest BCUT2D eigenvalue weighted by Crippen LogP contribution is 2.41. The van der Waals surface area contributed by atoms with Gasteiger partial charge in [-0.25, -0.2) is 0 Å². The summed E-state index contributed by atoms with van der Waals surface area (Å²) in [5.41, 5.74) is 1.71. The van der Waals surface area contributed by atoms with E-state index in [1.54, 1.807) is 25.3 Å². The number of halogens is 5. The van der Waals surface area contributed by atoms with E-state index in [1.165, 1.54) is 0 Å². The first-order valence-electron chi connectivity index (χ1n) is 5.55. The molecule has 0 aliphatic heterocycles. The van der Waals surface area contributed by atoms with Crippen molar-refractivity contribution in [2.75, 3.05) is 7.11 Å². The van der Waals surface area contributed by atoms with Crippen LogP contribution in [-0.2, 0) is 0 Å². The van der Waals surface area contributed by atoms with Crippen molar-refractivity contribution in [3.05, 3.63) is 61.5 Å². The van der Waals surface area contributed by atoms with Crippen LogP contribution < -0.4 is 4.74 Å². The van der Waals surface area contributed by atoms with Crippen LogP contribution in [0.15, 0.2) is 30.3 Å². The van der Waals surface area contributed by atoms with Crippen LogP contribution in [0.3, 0.4) is 0 Å². The maximum Gasteiger partial charge on any atom is 0.138 e. The van der Waals surface area contributed by atoms with Gasteiger partial charge in [0.15, 0.2) is 0 Å². The van der Waals surface area contributed by atoms with Gasteiger partial charge < -0.3 is 4.74 Å². The molecule has 20 heavy (non-hydrogen) atoms. The van der Waals surface area contributed by atoms with Gasteiger partial charge in [0.1, 0.15) is 5.75 Å². The molecule has 2 aromatic carbocycles. The fourth-order valence-corrected chi connectivity index (χ4v) is 3.63. The molecule has 1 nitrogen and oxygen atoms in total. The van der Waals surface area contributed by atoms with E-state index < -0.39 is 0 Å². The molecular formula is C14H9BrCl4O. The smallest absolute Gasteiger partial charge is 0.138 e. The van der Waals surface area contributed by atoms with E-state index in [9.17, 15) is 0 Å². The fourth-order valence-electron chi connectivity index (χ4n) is 1.80. The molecule has 0 aromatic heterocycles. The van der Waals surface area contributed by atoms with Crippen LogP contribution in [0.1, 0.15) is 16.0 Å². The summed E-state index contributed by atoms with van der Waals surface area (Å²) in [5, 5.41) is 2.16. The quantitative estimate of drug-likeness (QED) is 0.502. The lowest BCUT2D eigenvalue weighted by Crippen LogP contribution is -1.96. The van der Waals surface area contributed by atoms with Crippen LogP contribution in [-0.4, -0.2) is 7.11 Å². The molecule has 1 unspecified atom stereocenters. The maximum absolute atomic E-state index is 6.27. The first-order chi connectivity index (χ1) is 9.42. The van der Waals surface area contributed by atoms with E-state index in [2.05, 4.69) is 15.9 Å². The Labute approximate surface area is 145 Å². The van der Waals surface area contributed by atoms with Crippen molar-refractivity contribution in [2.45, 2.75) is 4.83 Å². The second-order valence-corrected chi connectivity index (χ2v) is 6.68. The van der Waals surface area contributed by atoms with Gasteiger partial charge in [-0.05, 0) is 35.4 Å². The van der Waals surface area contributed by atoms with Gasteiger partial charge >= 0.3 is 0 Å². The first kappa shape index (κ1) is 16.3. The van der Waals surface area contributed by atoms with Crippen LogP contribution in [0, 0.1) is 0 Å². The van der Waals surface area contributed by atoms with Crippen molar-refractivity contribution in [1.82, 2.24) is 0 Å². The summed E-state index contributed by atoms with van der Waals surface area (Å²) in [7, 11) is 1.54. The summed E-state index contributed by atoms with van der Waals surface area (Å²) in [4.78, 5) is -0.172. The molecule has 1 atom stereocenters. The second kappa shape index (κ2) is 6.76. The van der Waals surface area contributed by atoms with Crippen molar-refractivity contribution < 1.29 is 4.74 Å². The summed E-state index contributed by atoms with van der Waals surface area (Å²) in [6.45, 7) is 0. The molecule has 6 heteroatoms. The Kier molecular flexibility index (Phi) is 5.49. The van der Waals surface area contributed by atoms with Crippen molar-refractivity contribution in [3.63, 3.8) is 0 Å². The average Bonchev–Trinajstić information content (AvgIpc) is 2.39. The van der Waals surface area contributed by atoms with Crippen LogP contribution in [0.4, 0.5) is 0 Å². The largest absolute Gasteiger partial charge is 0.495 e. The molecule has 2 rings (SSSR count). The molecule has 0 spiro atoms. The number of ether oxygens (including phenoxy) is 1. The molecule has 0 bridgehead atoms. The van der Waals surface area contributed by atoms with Crippen molar-refractivity contribution in [1.29, 1.82) is 0 Å².